The van der Waals surface area contributed by atoms with Gasteiger partial charge in [-0.25, -0.2) is 0 Å². The number of benzene rings is 1. The van der Waals surface area contributed by atoms with Gasteiger partial charge in [0.1, 0.15) is 6.61 Å². The zero-order valence-electron chi connectivity index (χ0n) is 12.5. The first kappa shape index (κ1) is 15.8. The molecule has 4 nitrogen and oxygen atoms in total. The van der Waals surface area contributed by atoms with Crippen LogP contribution in [0.1, 0.15) is 20.8 Å². The molecule has 0 saturated carbocycles. The van der Waals surface area contributed by atoms with Crippen LogP contribution in [-0.2, 0) is 0 Å². The molecule has 0 aliphatic rings. The summed E-state index contributed by atoms with van der Waals surface area (Å²) in [4.78, 5) is 2.32. The molecule has 0 atom stereocenters. The van der Waals surface area contributed by atoms with Gasteiger partial charge in [-0.2, -0.15) is 0 Å². The van der Waals surface area contributed by atoms with Crippen molar-refractivity contribution in [2.45, 2.75) is 26.3 Å². The van der Waals surface area contributed by atoms with E-state index in [0.717, 1.165) is 24.6 Å². The number of nitrogens with two attached hydrogens (primary N) is 1. The van der Waals surface area contributed by atoms with Crippen LogP contribution in [-0.4, -0.2) is 43.8 Å². The van der Waals surface area contributed by atoms with Gasteiger partial charge in [0.15, 0.2) is 11.5 Å². The summed E-state index contributed by atoms with van der Waals surface area (Å²) in [6.07, 6.45) is 0. The van der Waals surface area contributed by atoms with Gasteiger partial charge in [-0.1, -0.05) is 19.1 Å². The van der Waals surface area contributed by atoms with E-state index in [0.29, 0.717) is 13.2 Å². The van der Waals surface area contributed by atoms with Gasteiger partial charge in [0.2, 0.25) is 0 Å². The van der Waals surface area contributed by atoms with Crippen LogP contribution >= 0.6 is 0 Å². The fourth-order valence-corrected chi connectivity index (χ4v) is 2.02. The molecule has 0 bridgehead atoms. The van der Waals surface area contributed by atoms with Crippen LogP contribution in [0.15, 0.2) is 24.3 Å². The smallest absolute Gasteiger partial charge is 0.161 e. The molecule has 0 heterocycles. The van der Waals surface area contributed by atoms with Crippen molar-refractivity contribution in [3.8, 4) is 11.5 Å². The van der Waals surface area contributed by atoms with E-state index >= 15 is 0 Å². The monoisotopic (exact) mass is 266 g/mol. The van der Waals surface area contributed by atoms with Gasteiger partial charge >= 0.3 is 0 Å². The van der Waals surface area contributed by atoms with E-state index in [9.17, 15) is 0 Å². The third-order valence-electron chi connectivity index (χ3n) is 3.43. The lowest BCUT2D eigenvalue weighted by atomic mass is 10.0. The molecule has 19 heavy (non-hydrogen) atoms. The Hall–Kier alpha value is -1.26. The maximum absolute atomic E-state index is 5.81. The van der Waals surface area contributed by atoms with Crippen LogP contribution in [0.2, 0.25) is 0 Å². The van der Waals surface area contributed by atoms with Gasteiger partial charge in [0.05, 0.1) is 7.11 Å². The van der Waals surface area contributed by atoms with Crippen LogP contribution in [0, 0.1) is 0 Å². The van der Waals surface area contributed by atoms with E-state index in [1.165, 1.54) is 0 Å². The van der Waals surface area contributed by atoms with Crippen LogP contribution in [0.25, 0.3) is 0 Å². The minimum Gasteiger partial charge on any atom is -0.493 e. The predicted octanol–water partition coefficient (Wildman–Crippen LogP) is 2.13. The molecule has 108 valence electrons. The second-order valence-electron chi connectivity index (χ2n) is 5.10. The summed E-state index contributed by atoms with van der Waals surface area (Å²) in [6, 6.07) is 7.70. The molecule has 0 unspecified atom stereocenters. The largest absolute Gasteiger partial charge is 0.493 e. The van der Waals surface area contributed by atoms with Crippen molar-refractivity contribution in [2.75, 3.05) is 33.4 Å². The second kappa shape index (κ2) is 7.36. The minimum absolute atomic E-state index is 0.00111. The van der Waals surface area contributed by atoms with Crippen molar-refractivity contribution >= 4 is 0 Å². The van der Waals surface area contributed by atoms with Crippen molar-refractivity contribution in [1.29, 1.82) is 0 Å². The first-order chi connectivity index (χ1) is 9.05. The van der Waals surface area contributed by atoms with Gasteiger partial charge in [0, 0.05) is 18.6 Å². The maximum atomic E-state index is 5.81. The number of ether oxygens (including phenoxy) is 2. The van der Waals surface area contributed by atoms with Crippen LogP contribution < -0.4 is 15.2 Å². The van der Waals surface area contributed by atoms with Crippen molar-refractivity contribution < 1.29 is 9.47 Å². The molecule has 0 spiro atoms. The molecule has 0 fully saturated rings. The predicted molar refractivity (Wildman–Crippen MR) is 78.9 cm³/mol. The van der Waals surface area contributed by atoms with Crippen LogP contribution in [0.4, 0.5) is 0 Å². The number of hydrogen-bond donors (Lipinski definition) is 1. The third-order valence-corrected chi connectivity index (χ3v) is 3.43. The van der Waals surface area contributed by atoms with E-state index < -0.39 is 0 Å². The molecular formula is C15H26N2O2. The highest BCUT2D eigenvalue weighted by molar-refractivity contribution is 5.39. The number of methoxy groups -OCH3 is 1. The first-order valence-electron chi connectivity index (χ1n) is 6.76. The Balaban J connectivity index is 2.53. The summed E-state index contributed by atoms with van der Waals surface area (Å²) >= 11 is 0. The van der Waals surface area contributed by atoms with Gasteiger partial charge in [-0.05, 0) is 32.5 Å². The minimum atomic E-state index is -0.00111. The number of rotatable bonds is 8. The average molecular weight is 266 g/mol. The van der Waals surface area contributed by atoms with Crippen molar-refractivity contribution in [1.82, 2.24) is 4.90 Å². The molecular weight excluding hydrogens is 240 g/mol. The zero-order valence-corrected chi connectivity index (χ0v) is 12.5. The third kappa shape index (κ3) is 4.40. The Labute approximate surface area is 116 Å². The Morgan fingerprint density at radius 3 is 2.37 bits per heavy atom. The quantitative estimate of drug-likeness (QED) is 0.783. The summed E-state index contributed by atoms with van der Waals surface area (Å²) in [6.45, 7) is 9.51. The van der Waals surface area contributed by atoms with E-state index in [-0.39, 0.29) is 5.54 Å². The Bertz CT molecular complexity index is 380. The fraction of sp³-hybridized carbons (Fsp3) is 0.600. The molecule has 0 saturated heterocycles. The normalized spacial score (nSPS) is 11.7. The number of para-hydroxylation sites is 2. The molecule has 0 aliphatic heterocycles. The van der Waals surface area contributed by atoms with Gasteiger partial charge in [0.25, 0.3) is 0 Å². The van der Waals surface area contributed by atoms with Crippen molar-refractivity contribution in [3.05, 3.63) is 24.3 Å². The highest BCUT2D eigenvalue weighted by atomic mass is 16.5. The van der Waals surface area contributed by atoms with Gasteiger partial charge in [-0.3, -0.25) is 4.90 Å². The summed E-state index contributed by atoms with van der Waals surface area (Å²) < 4.78 is 11.1. The molecule has 0 amide bonds. The maximum Gasteiger partial charge on any atom is 0.161 e. The average Bonchev–Trinajstić information content (AvgIpc) is 2.43. The molecule has 1 aromatic rings. The molecule has 1 aromatic carbocycles. The highest BCUT2D eigenvalue weighted by Gasteiger charge is 2.23. The number of likely N-dealkylation sites (N-methyl/N-ethyl adjacent to an activating group) is 1. The summed E-state index contributed by atoms with van der Waals surface area (Å²) in [7, 11) is 1.65. The lowest BCUT2D eigenvalue weighted by Crippen LogP contribution is -2.50. The molecule has 0 radical (unpaired) electrons. The van der Waals surface area contributed by atoms with E-state index in [2.05, 4.69) is 25.7 Å². The SMILES string of the molecule is CCN(CCOc1ccccc1OC)C(C)(C)CN. The molecule has 0 aliphatic carbocycles. The summed E-state index contributed by atoms with van der Waals surface area (Å²) in [5.41, 5.74) is 5.81. The Morgan fingerprint density at radius 2 is 1.84 bits per heavy atom. The van der Waals surface area contributed by atoms with Gasteiger partial charge in [-0.15, -0.1) is 0 Å². The standard InChI is InChI=1S/C15H26N2O2/c1-5-17(15(2,3)12-16)10-11-19-14-9-7-6-8-13(14)18-4/h6-9H,5,10-12,16H2,1-4H3. The fourth-order valence-electron chi connectivity index (χ4n) is 2.02. The van der Waals surface area contributed by atoms with E-state index in [4.69, 9.17) is 15.2 Å². The second-order valence-corrected chi connectivity index (χ2v) is 5.10. The summed E-state index contributed by atoms with van der Waals surface area (Å²) in [5, 5.41) is 0. The van der Waals surface area contributed by atoms with Crippen molar-refractivity contribution in [3.63, 3.8) is 0 Å². The van der Waals surface area contributed by atoms with Crippen LogP contribution in [0.3, 0.4) is 0 Å². The van der Waals surface area contributed by atoms with Gasteiger partial charge < -0.3 is 15.2 Å². The Morgan fingerprint density at radius 1 is 1.21 bits per heavy atom. The first-order valence-corrected chi connectivity index (χ1v) is 6.76. The van der Waals surface area contributed by atoms with E-state index in [1.807, 2.05) is 24.3 Å². The molecule has 1 rings (SSSR count). The lowest BCUT2D eigenvalue weighted by Gasteiger charge is -2.36. The highest BCUT2D eigenvalue weighted by Crippen LogP contribution is 2.25. The van der Waals surface area contributed by atoms with Crippen molar-refractivity contribution in [2.24, 2.45) is 5.73 Å². The topological polar surface area (TPSA) is 47.7 Å². The number of hydrogen-bond acceptors (Lipinski definition) is 4. The molecule has 0 aromatic heterocycles. The number of nitrogens with zero attached hydrogens (tertiary/aromatic N) is 1. The molecule has 2 N–H and O–H groups in total. The summed E-state index contributed by atoms with van der Waals surface area (Å²) in [5.74, 6) is 1.55. The molecule has 4 heteroatoms. The lowest BCUT2D eigenvalue weighted by molar-refractivity contribution is 0.110. The van der Waals surface area contributed by atoms with Crippen LogP contribution in [0.5, 0.6) is 11.5 Å². The zero-order chi connectivity index (χ0) is 14.3. The Kier molecular flexibility index (Phi) is 6.12. The van der Waals surface area contributed by atoms with E-state index in [1.54, 1.807) is 7.11 Å².